The molecule has 0 radical (unpaired) electrons. The van der Waals surface area contributed by atoms with Crippen molar-refractivity contribution in [2.24, 2.45) is 4.99 Å². The van der Waals surface area contributed by atoms with Crippen LogP contribution in [-0.4, -0.2) is 11.7 Å². The summed E-state index contributed by atoms with van der Waals surface area (Å²) in [5.41, 5.74) is 6.06. The van der Waals surface area contributed by atoms with Crippen molar-refractivity contribution < 1.29 is 9.18 Å². The Morgan fingerprint density at radius 2 is 1.66 bits per heavy atom. The Kier molecular flexibility index (Phi) is 5.34. The van der Waals surface area contributed by atoms with Crippen LogP contribution < -0.4 is 5.32 Å². The van der Waals surface area contributed by atoms with Crippen LogP contribution in [0.3, 0.4) is 0 Å². The molecule has 0 saturated heterocycles. The van der Waals surface area contributed by atoms with E-state index in [9.17, 15) is 9.18 Å². The lowest BCUT2D eigenvalue weighted by atomic mass is 9.99. The van der Waals surface area contributed by atoms with Crippen molar-refractivity contribution in [2.45, 2.75) is 19.8 Å². The Morgan fingerprint density at radius 1 is 0.966 bits per heavy atom. The molecule has 0 fully saturated rings. The quantitative estimate of drug-likeness (QED) is 0.661. The minimum absolute atomic E-state index is 0.370. The van der Waals surface area contributed by atoms with Crippen molar-refractivity contribution in [2.75, 3.05) is 0 Å². The summed E-state index contributed by atoms with van der Waals surface area (Å²) in [6.45, 7) is 2.06. The molecule has 0 aromatic heterocycles. The van der Waals surface area contributed by atoms with Gasteiger partial charge in [-0.05, 0) is 47.9 Å². The lowest BCUT2D eigenvalue weighted by molar-refractivity contribution is 0.100. The van der Waals surface area contributed by atoms with Crippen molar-refractivity contribution >= 4 is 17.3 Å². The highest BCUT2D eigenvalue weighted by molar-refractivity contribution is 6.08. The highest BCUT2D eigenvalue weighted by Crippen LogP contribution is 2.29. The average molecular weight is 384 g/mol. The summed E-state index contributed by atoms with van der Waals surface area (Å²) in [5, 5.41) is 3.35. The number of halogens is 1. The molecular weight excluding hydrogens is 363 g/mol. The van der Waals surface area contributed by atoms with E-state index in [0.29, 0.717) is 17.8 Å². The summed E-state index contributed by atoms with van der Waals surface area (Å²) < 4.78 is 13.1. The fourth-order valence-electron chi connectivity index (χ4n) is 3.40. The van der Waals surface area contributed by atoms with E-state index >= 15 is 0 Å². The van der Waals surface area contributed by atoms with Gasteiger partial charge >= 0.3 is 0 Å². The third-order valence-electron chi connectivity index (χ3n) is 4.96. The summed E-state index contributed by atoms with van der Waals surface area (Å²) in [6, 6.07) is 24.0. The normalized spacial score (nSPS) is 14.9. The van der Waals surface area contributed by atoms with Crippen LogP contribution in [0.4, 0.5) is 4.39 Å². The molecule has 1 N–H and O–H groups in total. The van der Waals surface area contributed by atoms with Gasteiger partial charge in [-0.25, -0.2) is 4.39 Å². The number of allylic oxidation sites excluding steroid dienone is 1. The summed E-state index contributed by atoms with van der Waals surface area (Å²) in [7, 11) is 0. The molecule has 4 heteroatoms. The predicted octanol–water partition coefficient (Wildman–Crippen LogP) is 5.32. The minimum Gasteiger partial charge on any atom is -0.346 e. The van der Waals surface area contributed by atoms with Gasteiger partial charge in [-0.3, -0.25) is 4.79 Å². The molecule has 1 aliphatic heterocycles. The summed E-state index contributed by atoms with van der Waals surface area (Å²) in [4.78, 5) is 16.8. The number of nitrogens with one attached hydrogen (secondary N) is 1. The molecule has 1 aliphatic rings. The van der Waals surface area contributed by atoms with E-state index in [-0.39, 0.29) is 11.7 Å². The first-order valence-electron chi connectivity index (χ1n) is 9.56. The Bertz CT molecular complexity index is 1080. The summed E-state index contributed by atoms with van der Waals surface area (Å²) >= 11 is 0. The molecule has 144 valence electrons. The number of benzene rings is 3. The van der Waals surface area contributed by atoms with Gasteiger partial charge < -0.3 is 5.32 Å². The van der Waals surface area contributed by atoms with Gasteiger partial charge in [0.2, 0.25) is 0 Å². The number of amidine groups is 1. The van der Waals surface area contributed by atoms with E-state index in [1.54, 1.807) is 0 Å². The standard InChI is InChI=1S/C25H21FN2O/c1-17-7-9-19(10-8-17)22-16-24(27-23(22)15-18-5-3-2-4-6-18)28-25(29)20-11-13-21(26)14-12-20/h2-14H,15-16H2,1H3,(H,27,28,29). The van der Waals surface area contributed by atoms with E-state index in [1.807, 2.05) is 18.2 Å². The van der Waals surface area contributed by atoms with Crippen LogP contribution >= 0.6 is 0 Å². The number of amides is 1. The molecule has 1 amide bonds. The second-order valence-electron chi connectivity index (χ2n) is 7.16. The molecule has 0 atom stereocenters. The van der Waals surface area contributed by atoms with Gasteiger partial charge in [0.05, 0.1) is 0 Å². The molecule has 3 nitrogen and oxygen atoms in total. The minimum atomic E-state index is -0.378. The largest absolute Gasteiger partial charge is 0.346 e. The van der Waals surface area contributed by atoms with Crippen molar-refractivity contribution in [3.8, 4) is 0 Å². The molecule has 29 heavy (non-hydrogen) atoms. The lowest BCUT2D eigenvalue weighted by Gasteiger charge is -2.08. The predicted molar refractivity (Wildman–Crippen MR) is 114 cm³/mol. The second kappa shape index (κ2) is 8.23. The first kappa shape index (κ1) is 18.8. The van der Waals surface area contributed by atoms with E-state index in [0.717, 1.165) is 23.3 Å². The molecule has 3 aromatic rings. The van der Waals surface area contributed by atoms with Gasteiger partial charge in [0.1, 0.15) is 11.7 Å². The van der Waals surface area contributed by atoms with Crippen molar-refractivity contribution in [1.82, 2.24) is 5.32 Å². The molecule has 0 aliphatic carbocycles. The van der Waals surface area contributed by atoms with Crippen molar-refractivity contribution in [3.05, 3.63) is 113 Å². The number of carbonyl (C=O) groups excluding carboxylic acids is 1. The van der Waals surface area contributed by atoms with Gasteiger partial charge in [-0.1, -0.05) is 60.2 Å². The average Bonchev–Trinajstić information content (AvgIpc) is 3.11. The number of nitrogens with zero attached hydrogens (tertiary/aromatic N) is 1. The SMILES string of the molecule is Cc1ccc(C2=C(Cc3ccccc3)N/C(=N\C(=O)c3ccc(F)cc3)C2)cc1. The van der Waals surface area contributed by atoms with E-state index in [2.05, 4.69) is 53.6 Å². The zero-order valence-electron chi connectivity index (χ0n) is 16.2. The molecule has 0 saturated carbocycles. The van der Waals surface area contributed by atoms with Crippen molar-refractivity contribution in [1.29, 1.82) is 0 Å². The first-order chi connectivity index (χ1) is 14.1. The zero-order valence-corrected chi connectivity index (χ0v) is 16.2. The zero-order chi connectivity index (χ0) is 20.2. The third kappa shape index (κ3) is 4.49. The number of hydrogen-bond donors (Lipinski definition) is 1. The first-order valence-corrected chi connectivity index (χ1v) is 9.56. The Hall–Kier alpha value is -3.53. The monoisotopic (exact) mass is 384 g/mol. The van der Waals surface area contributed by atoms with E-state index < -0.39 is 0 Å². The van der Waals surface area contributed by atoms with Crippen LogP contribution in [0.15, 0.2) is 89.6 Å². The summed E-state index contributed by atoms with van der Waals surface area (Å²) in [5.74, 6) is -0.140. The van der Waals surface area contributed by atoms with Crippen LogP contribution in [0.5, 0.6) is 0 Å². The van der Waals surface area contributed by atoms with Gasteiger partial charge in [0.15, 0.2) is 0 Å². The fourth-order valence-corrected chi connectivity index (χ4v) is 3.40. The van der Waals surface area contributed by atoms with Crippen LogP contribution in [0, 0.1) is 12.7 Å². The highest BCUT2D eigenvalue weighted by Gasteiger charge is 2.22. The molecule has 0 bridgehead atoms. The van der Waals surface area contributed by atoms with Gasteiger partial charge in [-0.15, -0.1) is 0 Å². The maximum Gasteiger partial charge on any atom is 0.278 e. The molecule has 0 spiro atoms. The number of hydrogen-bond acceptors (Lipinski definition) is 1. The van der Waals surface area contributed by atoms with E-state index in [4.69, 9.17) is 0 Å². The number of rotatable bonds is 4. The Morgan fingerprint density at radius 3 is 2.34 bits per heavy atom. The second-order valence-corrected chi connectivity index (χ2v) is 7.16. The van der Waals surface area contributed by atoms with Gasteiger partial charge in [0.25, 0.3) is 5.91 Å². The number of carbonyl (C=O) groups is 1. The van der Waals surface area contributed by atoms with Crippen LogP contribution in [0.1, 0.15) is 33.5 Å². The molecular formula is C25H21FN2O. The number of aliphatic imine (C=N–C) groups is 1. The lowest BCUT2D eigenvalue weighted by Crippen LogP contribution is -2.19. The Labute approximate surface area is 169 Å². The van der Waals surface area contributed by atoms with Gasteiger partial charge in [0, 0.05) is 24.1 Å². The fraction of sp³-hybridized carbons (Fsp3) is 0.120. The third-order valence-corrected chi connectivity index (χ3v) is 4.96. The Balaban J connectivity index is 1.63. The maximum atomic E-state index is 13.1. The van der Waals surface area contributed by atoms with Crippen molar-refractivity contribution in [3.63, 3.8) is 0 Å². The van der Waals surface area contributed by atoms with Crippen LogP contribution in [-0.2, 0) is 6.42 Å². The molecule has 1 heterocycles. The topological polar surface area (TPSA) is 41.5 Å². The smallest absolute Gasteiger partial charge is 0.278 e. The molecule has 3 aromatic carbocycles. The highest BCUT2D eigenvalue weighted by atomic mass is 19.1. The van der Waals surface area contributed by atoms with E-state index in [1.165, 1.54) is 35.4 Å². The van der Waals surface area contributed by atoms with Crippen LogP contribution in [0.2, 0.25) is 0 Å². The van der Waals surface area contributed by atoms with Gasteiger partial charge in [-0.2, -0.15) is 4.99 Å². The molecule has 4 rings (SSSR count). The summed E-state index contributed by atoms with van der Waals surface area (Å²) in [6.07, 6.45) is 1.28. The number of aryl methyl sites for hydroxylation is 1. The molecule has 0 unspecified atom stereocenters. The van der Waals surface area contributed by atoms with Crippen LogP contribution in [0.25, 0.3) is 5.57 Å². The maximum absolute atomic E-state index is 13.1.